The number of aromatic hydroxyl groups is 1. The third-order valence-electron chi connectivity index (χ3n) is 2.66. The Morgan fingerprint density at radius 2 is 2.26 bits per heavy atom. The fourth-order valence-electron chi connectivity index (χ4n) is 1.78. The number of nitrogens with zero attached hydrogens (tertiary/aromatic N) is 2. The Bertz CT molecular complexity index is 648. The maximum Gasteiger partial charge on any atom is 0.352 e. The summed E-state index contributed by atoms with van der Waals surface area (Å²) in [7, 11) is 0. The molecule has 0 saturated carbocycles. The van der Waals surface area contributed by atoms with Crippen LogP contribution in [0.3, 0.4) is 0 Å². The zero-order chi connectivity index (χ0) is 14.0. The lowest BCUT2D eigenvalue weighted by molar-refractivity contribution is 0.0682. The fraction of sp³-hybridized carbons (Fsp3) is 0.250. The molecule has 0 aliphatic rings. The quantitative estimate of drug-likeness (QED) is 0.885. The van der Waals surface area contributed by atoms with Crippen molar-refractivity contribution in [1.29, 1.82) is 0 Å². The molecule has 0 bridgehead atoms. The number of aromatic carboxylic acids is 1. The van der Waals surface area contributed by atoms with E-state index in [0.717, 1.165) is 21.7 Å². The van der Waals surface area contributed by atoms with Crippen LogP contribution in [-0.4, -0.2) is 25.7 Å². The summed E-state index contributed by atoms with van der Waals surface area (Å²) in [5.74, 6) is -1.68. The second kappa shape index (κ2) is 5.23. The second-order valence-electron chi connectivity index (χ2n) is 4.12. The van der Waals surface area contributed by atoms with E-state index in [1.165, 1.54) is 11.3 Å². The zero-order valence-electron chi connectivity index (χ0n) is 10.1. The zero-order valence-corrected chi connectivity index (χ0v) is 10.9. The van der Waals surface area contributed by atoms with Gasteiger partial charge in [0.1, 0.15) is 11.4 Å². The number of rotatable bonds is 4. The van der Waals surface area contributed by atoms with Crippen LogP contribution in [0.25, 0.3) is 0 Å². The first-order valence-corrected chi connectivity index (χ1v) is 6.43. The monoisotopic (exact) mass is 280 g/mol. The van der Waals surface area contributed by atoms with Gasteiger partial charge in [0.25, 0.3) is 5.56 Å². The van der Waals surface area contributed by atoms with Crippen LogP contribution < -0.4 is 5.56 Å². The summed E-state index contributed by atoms with van der Waals surface area (Å²) in [4.78, 5) is 27.0. The summed E-state index contributed by atoms with van der Waals surface area (Å²) in [5, 5.41) is 21.0. The van der Waals surface area contributed by atoms with Crippen molar-refractivity contribution in [2.45, 2.75) is 19.4 Å². The Labute approximate surface area is 112 Å². The van der Waals surface area contributed by atoms with Gasteiger partial charge >= 0.3 is 5.97 Å². The molecule has 0 aliphatic carbocycles. The Morgan fingerprint density at radius 1 is 1.53 bits per heavy atom. The van der Waals surface area contributed by atoms with Crippen LogP contribution >= 0.6 is 11.3 Å². The van der Waals surface area contributed by atoms with Crippen molar-refractivity contribution in [2.75, 3.05) is 0 Å². The van der Waals surface area contributed by atoms with Crippen LogP contribution in [-0.2, 0) is 6.54 Å². The highest BCUT2D eigenvalue weighted by Gasteiger charge is 2.17. The van der Waals surface area contributed by atoms with Crippen molar-refractivity contribution in [1.82, 2.24) is 9.55 Å². The molecule has 2 aromatic rings. The van der Waals surface area contributed by atoms with Crippen molar-refractivity contribution in [3.05, 3.63) is 44.8 Å². The molecule has 0 radical (unpaired) electrons. The summed E-state index contributed by atoms with van der Waals surface area (Å²) >= 11 is 1.45. The van der Waals surface area contributed by atoms with Crippen molar-refractivity contribution >= 4 is 17.3 Å². The van der Waals surface area contributed by atoms with Gasteiger partial charge in [0.2, 0.25) is 0 Å². The molecule has 0 aromatic carbocycles. The Kier molecular flexibility index (Phi) is 3.66. The van der Waals surface area contributed by atoms with Crippen LogP contribution in [0.2, 0.25) is 0 Å². The molecule has 1 unspecified atom stereocenters. The number of carboxylic acids is 1. The van der Waals surface area contributed by atoms with Gasteiger partial charge in [-0.2, -0.15) is 0 Å². The molecule has 2 rings (SSSR count). The lowest BCUT2D eigenvalue weighted by atomic mass is 10.2. The molecule has 0 fully saturated rings. The Balaban J connectivity index is 2.39. The van der Waals surface area contributed by atoms with Crippen LogP contribution in [0, 0.1) is 0 Å². The van der Waals surface area contributed by atoms with E-state index in [1.807, 2.05) is 12.3 Å². The third-order valence-corrected chi connectivity index (χ3v) is 3.67. The van der Waals surface area contributed by atoms with Gasteiger partial charge in [-0.05, 0) is 0 Å². The van der Waals surface area contributed by atoms with E-state index >= 15 is 0 Å². The lowest BCUT2D eigenvalue weighted by Gasteiger charge is -2.14. The highest BCUT2D eigenvalue weighted by atomic mass is 32.1. The summed E-state index contributed by atoms with van der Waals surface area (Å²) in [6.07, 6.45) is 1.66. The maximum absolute atomic E-state index is 11.8. The first-order chi connectivity index (χ1) is 8.99. The molecule has 2 N–H and O–H groups in total. The molecule has 0 saturated heterocycles. The summed E-state index contributed by atoms with van der Waals surface area (Å²) in [6, 6.07) is 2.07. The molecule has 1 atom stereocenters. The predicted octanol–water partition coefficient (Wildman–Crippen LogP) is 1.51. The van der Waals surface area contributed by atoms with Crippen molar-refractivity contribution in [3.63, 3.8) is 0 Å². The molecular weight excluding hydrogens is 268 g/mol. The molecule has 0 aliphatic heterocycles. The molecule has 7 heteroatoms. The van der Waals surface area contributed by atoms with Gasteiger partial charge < -0.3 is 14.8 Å². The number of hydrogen-bond acceptors (Lipinski definition) is 5. The van der Waals surface area contributed by atoms with Gasteiger partial charge in [0.05, 0.1) is 5.01 Å². The highest BCUT2D eigenvalue weighted by Crippen LogP contribution is 2.20. The van der Waals surface area contributed by atoms with Gasteiger partial charge in [0.15, 0.2) is 0 Å². The van der Waals surface area contributed by atoms with Crippen molar-refractivity contribution < 1.29 is 15.0 Å². The van der Waals surface area contributed by atoms with Crippen LogP contribution in [0.15, 0.2) is 28.5 Å². The van der Waals surface area contributed by atoms with Crippen LogP contribution in [0.1, 0.15) is 28.3 Å². The molecule has 0 spiro atoms. The predicted molar refractivity (Wildman–Crippen MR) is 69.9 cm³/mol. The van der Waals surface area contributed by atoms with E-state index in [1.54, 1.807) is 6.20 Å². The van der Waals surface area contributed by atoms with Crippen molar-refractivity contribution in [3.8, 4) is 5.75 Å². The summed E-state index contributed by atoms with van der Waals surface area (Å²) in [6.45, 7) is 2.07. The average molecular weight is 280 g/mol. The molecule has 0 amide bonds. The minimum atomic E-state index is -1.25. The minimum Gasteiger partial charge on any atom is -0.508 e. The van der Waals surface area contributed by atoms with Gasteiger partial charge in [-0.15, -0.1) is 11.3 Å². The van der Waals surface area contributed by atoms with Crippen LogP contribution in [0.4, 0.5) is 0 Å². The molecule has 6 nitrogen and oxygen atoms in total. The van der Waals surface area contributed by atoms with Gasteiger partial charge in [-0.25, -0.2) is 9.78 Å². The summed E-state index contributed by atoms with van der Waals surface area (Å²) < 4.78 is 1.13. The third kappa shape index (κ3) is 2.82. The largest absolute Gasteiger partial charge is 0.508 e. The molecule has 19 heavy (non-hydrogen) atoms. The Hall–Kier alpha value is -2.15. The fourth-order valence-corrected chi connectivity index (χ4v) is 2.47. The van der Waals surface area contributed by atoms with E-state index in [2.05, 4.69) is 4.98 Å². The molecule has 2 heterocycles. The number of pyridine rings is 1. The van der Waals surface area contributed by atoms with Crippen molar-refractivity contribution in [2.24, 2.45) is 0 Å². The number of thiazole rings is 1. The highest BCUT2D eigenvalue weighted by molar-refractivity contribution is 7.09. The number of aromatic nitrogens is 2. The summed E-state index contributed by atoms with van der Waals surface area (Å²) in [5.41, 5.74) is -0.769. The molecule has 100 valence electrons. The first kappa shape index (κ1) is 13.3. The molecular formula is C12H12N2O4S. The van der Waals surface area contributed by atoms with Gasteiger partial charge in [-0.3, -0.25) is 4.79 Å². The topological polar surface area (TPSA) is 92.4 Å². The SMILES string of the molecule is CC(Cn1c(C(=O)O)cc(O)cc1=O)c1nccs1. The van der Waals surface area contributed by atoms with E-state index in [9.17, 15) is 14.7 Å². The standard InChI is InChI=1S/C12H12N2O4S/c1-7(11-13-2-3-19-11)6-14-9(12(17)18)4-8(15)5-10(14)16/h2-5,7,15H,6H2,1H3,(H,17,18). The smallest absolute Gasteiger partial charge is 0.352 e. The number of carbonyl (C=O) groups is 1. The number of carboxylic acid groups (broad SMARTS) is 1. The van der Waals surface area contributed by atoms with Gasteiger partial charge in [0, 0.05) is 36.2 Å². The van der Waals surface area contributed by atoms with Crippen LogP contribution in [0.5, 0.6) is 5.75 Å². The number of hydrogen-bond donors (Lipinski definition) is 2. The molecule has 2 aromatic heterocycles. The Morgan fingerprint density at radius 3 is 2.84 bits per heavy atom. The first-order valence-electron chi connectivity index (χ1n) is 5.55. The van der Waals surface area contributed by atoms with Gasteiger partial charge in [-0.1, -0.05) is 6.92 Å². The maximum atomic E-state index is 11.8. The van der Waals surface area contributed by atoms with E-state index in [0.29, 0.717) is 0 Å². The lowest BCUT2D eigenvalue weighted by Crippen LogP contribution is -2.27. The van der Waals surface area contributed by atoms with E-state index in [-0.39, 0.29) is 23.9 Å². The normalized spacial score (nSPS) is 12.3. The van der Waals surface area contributed by atoms with E-state index < -0.39 is 11.5 Å². The minimum absolute atomic E-state index is 0.0830. The van der Waals surface area contributed by atoms with E-state index in [4.69, 9.17) is 5.11 Å². The second-order valence-corrected chi connectivity index (χ2v) is 5.05. The average Bonchev–Trinajstić information content (AvgIpc) is 2.85.